The van der Waals surface area contributed by atoms with Crippen molar-refractivity contribution in [1.82, 2.24) is 4.90 Å². The maximum Gasteiger partial charge on any atom is 0.311 e. The van der Waals surface area contributed by atoms with E-state index in [1.165, 1.54) is 4.90 Å². The minimum absolute atomic E-state index is 0.151. The van der Waals surface area contributed by atoms with Crippen LogP contribution < -0.4 is 5.73 Å². The van der Waals surface area contributed by atoms with Crippen LogP contribution in [0, 0.1) is 0 Å². The zero-order chi connectivity index (χ0) is 8.85. The van der Waals surface area contributed by atoms with Gasteiger partial charge in [-0.15, -0.1) is 0 Å². The number of amides is 2. The first-order valence-corrected chi connectivity index (χ1v) is 3.33. The Hall–Kier alpha value is -1.10. The molecule has 0 spiro atoms. The number of likely N-dealkylation sites (N-methyl/N-ethyl adjacent to an activating group) is 1. The molecule has 0 aromatic carbocycles. The average molecular weight is 160 g/mol. The van der Waals surface area contributed by atoms with Crippen LogP contribution in [0.3, 0.4) is 0 Å². The van der Waals surface area contributed by atoms with Gasteiger partial charge < -0.3 is 15.7 Å². The first-order valence-electron chi connectivity index (χ1n) is 3.33. The molecule has 0 rings (SSSR count). The van der Waals surface area contributed by atoms with Gasteiger partial charge in [-0.25, -0.2) is 0 Å². The highest BCUT2D eigenvalue weighted by molar-refractivity contribution is 6.34. The van der Waals surface area contributed by atoms with E-state index in [2.05, 4.69) is 0 Å². The maximum absolute atomic E-state index is 10.8. The van der Waals surface area contributed by atoms with Crippen LogP contribution in [0.2, 0.25) is 0 Å². The molecule has 0 atom stereocenters. The molecule has 0 aliphatic heterocycles. The lowest BCUT2D eigenvalue weighted by Crippen LogP contribution is -2.41. The summed E-state index contributed by atoms with van der Waals surface area (Å²) in [6.45, 7) is 2.07. The van der Waals surface area contributed by atoms with Crippen molar-refractivity contribution < 1.29 is 14.7 Å². The van der Waals surface area contributed by atoms with Crippen molar-refractivity contribution in [3.8, 4) is 0 Å². The highest BCUT2D eigenvalue weighted by Crippen LogP contribution is 1.86. The molecule has 0 aliphatic carbocycles. The van der Waals surface area contributed by atoms with Crippen LogP contribution in [-0.4, -0.2) is 41.5 Å². The van der Waals surface area contributed by atoms with Gasteiger partial charge in [0.2, 0.25) is 0 Å². The molecule has 2 amide bonds. The Morgan fingerprint density at radius 1 is 1.55 bits per heavy atom. The number of carbonyl (C=O) groups is 2. The van der Waals surface area contributed by atoms with E-state index in [1.54, 1.807) is 6.92 Å². The van der Waals surface area contributed by atoms with E-state index in [0.29, 0.717) is 6.54 Å². The highest BCUT2D eigenvalue weighted by atomic mass is 16.3. The lowest BCUT2D eigenvalue weighted by Gasteiger charge is -2.16. The number of rotatable bonds is 3. The number of nitrogens with two attached hydrogens (primary N) is 1. The lowest BCUT2D eigenvalue weighted by molar-refractivity contribution is -0.144. The Morgan fingerprint density at radius 2 is 2.09 bits per heavy atom. The van der Waals surface area contributed by atoms with Crippen LogP contribution in [0.1, 0.15) is 6.92 Å². The van der Waals surface area contributed by atoms with Crippen molar-refractivity contribution in [2.24, 2.45) is 5.73 Å². The fourth-order valence-electron chi connectivity index (χ4n) is 0.680. The van der Waals surface area contributed by atoms with Gasteiger partial charge >= 0.3 is 11.8 Å². The van der Waals surface area contributed by atoms with Gasteiger partial charge in [0.25, 0.3) is 0 Å². The summed E-state index contributed by atoms with van der Waals surface area (Å²) >= 11 is 0. The molecule has 0 fully saturated rings. The van der Waals surface area contributed by atoms with Crippen molar-refractivity contribution in [2.75, 3.05) is 19.7 Å². The molecule has 64 valence electrons. The number of primary amides is 1. The van der Waals surface area contributed by atoms with Crippen LogP contribution in [-0.2, 0) is 9.59 Å². The zero-order valence-electron chi connectivity index (χ0n) is 6.41. The molecule has 0 unspecified atom stereocenters. The van der Waals surface area contributed by atoms with Crippen LogP contribution in [0.4, 0.5) is 0 Å². The number of nitrogens with zero attached hydrogens (tertiary/aromatic N) is 1. The van der Waals surface area contributed by atoms with Crippen molar-refractivity contribution in [2.45, 2.75) is 6.92 Å². The molecule has 0 saturated carbocycles. The van der Waals surface area contributed by atoms with Crippen molar-refractivity contribution in [3.05, 3.63) is 0 Å². The molecule has 0 bridgehead atoms. The summed E-state index contributed by atoms with van der Waals surface area (Å²) in [7, 11) is 0. The van der Waals surface area contributed by atoms with Gasteiger partial charge in [0.1, 0.15) is 0 Å². The van der Waals surface area contributed by atoms with Gasteiger partial charge in [-0.1, -0.05) is 0 Å². The highest BCUT2D eigenvalue weighted by Gasteiger charge is 2.15. The monoisotopic (exact) mass is 160 g/mol. The second-order valence-electron chi connectivity index (χ2n) is 1.97. The van der Waals surface area contributed by atoms with Crippen LogP contribution in [0.15, 0.2) is 0 Å². The minimum Gasteiger partial charge on any atom is -0.395 e. The largest absolute Gasteiger partial charge is 0.395 e. The van der Waals surface area contributed by atoms with Crippen LogP contribution in [0.5, 0.6) is 0 Å². The van der Waals surface area contributed by atoms with E-state index in [9.17, 15) is 9.59 Å². The Bertz CT molecular complexity index is 158. The fraction of sp³-hybridized carbons (Fsp3) is 0.667. The minimum atomic E-state index is -0.986. The molecule has 5 heteroatoms. The Kier molecular flexibility index (Phi) is 4.21. The quantitative estimate of drug-likeness (QED) is 0.483. The van der Waals surface area contributed by atoms with Gasteiger partial charge in [-0.2, -0.15) is 0 Å². The van der Waals surface area contributed by atoms with E-state index >= 15 is 0 Å². The first kappa shape index (κ1) is 9.90. The summed E-state index contributed by atoms with van der Waals surface area (Å²) in [5.74, 6) is -1.73. The third kappa shape index (κ3) is 2.99. The molecule has 0 saturated heterocycles. The van der Waals surface area contributed by atoms with Crippen LogP contribution in [0.25, 0.3) is 0 Å². The normalized spacial score (nSPS) is 9.27. The van der Waals surface area contributed by atoms with Gasteiger partial charge in [-0.05, 0) is 6.92 Å². The molecule has 3 N–H and O–H groups in total. The number of hydrogen-bond acceptors (Lipinski definition) is 3. The number of aliphatic hydroxyl groups is 1. The second kappa shape index (κ2) is 4.68. The lowest BCUT2D eigenvalue weighted by atomic mass is 10.4. The van der Waals surface area contributed by atoms with Gasteiger partial charge in [0.15, 0.2) is 0 Å². The molecular formula is C6H12N2O3. The smallest absolute Gasteiger partial charge is 0.311 e. The zero-order valence-corrected chi connectivity index (χ0v) is 6.41. The van der Waals surface area contributed by atoms with E-state index in [-0.39, 0.29) is 13.2 Å². The van der Waals surface area contributed by atoms with Crippen molar-refractivity contribution in [3.63, 3.8) is 0 Å². The fourth-order valence-corrected chi connectivity index (χ4v) is 0.680. The molecule has 0 radical (unpaired) electrons. The standard InChI is InChI=1S/C6H12N2O3/c1-2-8(3-4-9)6(11)5(7)10/h9H,2-4H2,1H3,(H2,7,10). The Morgan fingerprint density at radius 3 is 2.36 bits per heavy atom. The van der Waals surface area contributed by atoms with Crippen molar-refractivity contribution >= 4 is 11.8 Å². The van der Waals surface area contributed by atoms with Crippen molar-refractivity contribution in [1.29, 1.82) is 0 Å². The molecule has 0 aliphatic rings. The summed E-state index contributed by atoms with van der Waals surface area (Å²) in [6.07, 6.45) is 0. The summed E-state index contributed by atoms with van der Waals surface area (Å²) in [5.41, 5.74) is 4.73. The second-order valence-corrected chi connectivity index (χ2v) is 1.97. The van der Waals surface area contributed by atoms with Crippen LogP contribution >= 0.6 is 0 Å². The van der Waals surface area contributed by atoms with E-state index in [1.807, 2.05) is 0 Å². The maximum atomic E-state index is 10.8. The summed E-state index contributed by atoms with van der Waals surface area (Å²) < 4.78 is 0. The van der Waals surface area contributed by atoms with E-state index in [0.717, 1.165) is 0 Å². The number of carbonyl (C=O) groups excluding carboxylic acids is 2. The topological polar surface area (TPSA) is 83.6 Å². The first-order chi connectivity index (χ1) is 5.13. The van der Waals surface area contributed by atoms with Gasteiger partial charge in [0.05, 0.1) is 6.61 Å². The SMILES string of the molecule is CCN(CCO)C(=O)C(N)=O. The third-order valence-corrected chi connectivity index (χ3v) is 1.25. The number of aliphatic hydroxyl groups excluding tert-OH is 1. The predicted molar refractivity (Wildman–Crippen MR) is 38.5 cm³/mol. The summed E-state index contributed by atoms with van der Waals surface area (Å²) in [6, 6.07) is 0. The third-order valence-electron chi connectivity index (χ3n) is 1.25. The number of hydrogen-bond donors (Lipinski definition) is 2. The average Bonchev–Trinajstić information content (AvgIpc) is 1.98. The van der Waals surface area contributed by atoms with Gasteiger partial charge in [0, 0.05) is 13.1 Å². The molecule has 0 aromatic rings. The molecule has 0 heterocycles. The molecular weight excluding hydrogens is 148 g/mol. The molecule has 11 heavy (non-hydrogen) atoms. The summed E-state index contributed by atoms with van der Waals surface area (Å²) in [5, 5.41) is 8.45. The Balaban J connectivity index is 4.02. The summed E-state index contributed by atoms with van der Waals surface area (Å²) in [4.78, 5) is 22.3. The Labute approximate surface area is 64.8 Å². The van der Waals surface area contributed by atoms with E-state index < -0.39 is 11.8 Å². The van der Waals surface area contributed by atoms with E-state index in [4.69, 9.17) is 10.8 Å². The molecule has 5 nitrogen and oxygen atoms in total. The molecule has 0 aromatic heterocycles. The predicted octanol–water partition coefficient (Wildman–Crippen LogP) is -1.69. The van der Waals surface area contributed by atoms with Gasteiger partial charge in [-0.3, -0.25) is 9.59 Å².